The summed E-state index contributed by atoms with van der Waals surface area (Å²) in [6, 6.07) is -1.13. The van der Waals surface area contributed by atoms with E-state index < -0.39 is 18.6 Å². The van der Waals surface area contributed by atoms with Gasteiger partial charge in [0.25, 0.3) is 0 Å². The van der Waals surface area contributed by atoms with E-state index in [9.17, 15) is 4.79 Å². The van der Waals surface area contributed by atoms with E-state index in [0.29, 0.717) is 0 Å². The average Bonchev–Trinajstić information content (AvgIpc) is 1.69. The third-order valence-electron chi connectivity index (χ3n) is 0.585. The molecule has 0 saturated heterocycles. The molecule has 4 nitrogen and oxygen atoms in total. The molecule has 0 saturated carbocycles. The number of rotatable bonds is 3. The highest BCUT2D eigenvalue weighted by molar-refractivity contribution is 7.47. The van der Waals surface area contributed by atoms with Crippen LogP contribution in [-0.4, -0.2) is 28.8 Å². The Hall–Kier alpha value is -0.550. The van der Waals surface area contributed by atoms with Crippen LogP contribution in [0.2, 0.25) is 0 Å². The van der Waals surface area contributed by atoms with E-state index in [-0.39, 0.29) is 0 Å². The van der Waals surface area contributed by atoms with E-state index in [1.54, 1.807) is 0 Å². The fraction of sp³-hybridized carbons (Fsp3) is 0.667. The summed E-state index contributed by atoms with van der Waals surface area (Å²) in [4.78, 5) is 9.84. The number of aliphatic carboxylic acids is 1. The number of aliphatic hydroxyl groups excluding tert-OH is 1. The predicted molar refractivity (Wildman–Crippen MR) is 28.3 cm³/mol. The number of carboxylic acid groups (broad SMARTS) is 1. The van der Waals surface area contributed by atoms with Crippen molar-refractivity contribution >= 4 is 18.4 Å². The van der Waals surface area contributed by atoms with Crippen molar-refractivity contribution < 1.29 is 15.0 Å². The summed E-state index contributed by atoms with van der Waals surface area (Å²) in [5.74, 6) is -1.19. The Kier molecular flexibility index (Phi) is 3.21. The average molecular weight is 135 g/mol. The molecule has 0 aromatic heterocycles. The number of carbonyl (C=O) groups is 1. The Morgan fingerprint density at radius 2 is 2.38 bits per heavy atom. The molecule has 8 heavy (non-hydrogen) atoms. The maximum absolute atomic E-state index is 9.84. The van der Waals surface area contributed by atoms with Gasteiger partial charge in [-0.3, -0.25) is 0 Å². The van der Waals surface area contributed by atoms with Crippen LogP contribution >= 0.6 is 0 Å². The van der Waals surface area contributed by atoms with Gasteiger partial charge in [0, 0.05) is 12.4 Å². The lowest BCUT2D eigenvalue weighted by Crippen LogP contribution is -2.20. The summed E-state index contributed by atoms with van der Waals surface area (Å²) in [5, 5.41) is 16.2. The molecule has 0 aromatic carbocycles. The van der Waals surface area contributed by atoms with Crippen molar-refractivity contribution in [3.63, 3.8) is 0 Å². The summed E-state index contributed by atoms with van der Waals surface area (Å²) in [6.07, 6.45) is 0. The Labute approximate surface area is 51.3 Å². The highest BCUT2D eigenvalue weighted by atomic mass is 32.1. The van der Waals surface area contributed by atoms with Gasteiger partial charge >= 0.3 is 5.97 Å². The first kappa shape index (κ1) is 7.45. The van der Waals surface area contributed by atoms with Gasteiger partial charge in [0.15, 0.2) is 6.04 Å². The second kappa shape index (κ2) is 3.45. The molecular weight excluding hydrogens is 130 g/mol. The predicted octanol–water partition coefficient (Wildman–Crippen LogP) is -0.838. The second-order valence-corrected chi connectivity index (χ2v) is 1.35. The first-order valence-electron chi connectivity index (χ1n) is 1.88. The molecule has 0 aliphatic heterocycles. The molecular formula is C3H5NO3S. The zero-order valence-corrected chi connectivity index (χ0v) is 4.76. The smallest absolute Gasteiger partial charge is 0.331 e. The van der Waals surface area contributed by atoms with Crippen LogP contribution in [0.1, 0.15) is 0 Å². The SMILES string of the molecule is O=C(O)[C@H](CO)N=S. The summed E-state index contributed by atoms with van der Waals surface area (Å²) in [5.41, 5.74) is 0. The highest BCUT2D eigenvalue weighted by Gasteiger charge is 2.12. The minimum Gasteiger partial charge on any atom is -0.480 e. The molecule has 0 unspecified atom stereocenters. The summed E-state index contributed by atoms with van der Waals surface area (Å²) >= 11 is 4.03. The fourth-order valence-electron chi connectivity index (χ4n) is 0.157. The molecule has 0 radical (unpaired) electrons. The number of hydrogen-bond donors (Lipinski definition) is 2. The fourth-order valence-corrected chi connectivity index (χ4v) is 0.313. The van der Waals surface area contributed by atoms with E-state index >= 15 is 0 Å². The van der Waals surface area contributed by atoms with Gasteiger partial charge in [0.2, 0.25) is 0 Å². The van der Waals surface area contributed by atoms with Crippen LogP contribution in [0.5, 0.6) is 0 Å². The Balaban J connectivity index is 3.69. The van der Waals surface area contributed by atoms with Crippen LogP contribution in [0.15, 0.2) is 4.36 Å². The van der Waals surface area contributed by atoms with E-state index in [0.717, 1.165) is 0 Å². The second-order valence-electron chi connectivity index (χ2n) is 1.14. The molecule has 0 aliphatic rings. The largest absolute Gasteiger partial charge is 0.480 e. The van der Waals surface area contributed by atoms with Crippen molar-refractivity contribution in [2.24, 2.45) is 4.36 Å². The lowest BCUT2D eigenvalue weighted by molar-refractivity contribution is -0.139. The van der Waals surface area contributed by atoms with E-state index in [1.165, 1.54) is 0 Å². The van der Waals surface area contributed by atoms with Crippen molar-refractivity contribution in [2.75, 3.05) is 6.61 Å². The van der Waals surface area contributed by atoms with Crippen molar-refractivity contribution in [1.29, 1.82) is 0 Å². The van der Waals surface area contributed by atoms with Gasteiger partial charge in [-0.1, -0.05) is 0 Å². The Morgan fingerprint density at radius 3 is 2.38 bits per heavy atom. The molecule has 0 aliphatic carbocycles. The third-order valence-corrected chi connectivity index (χ3v) is 0.840. The lowest BCUT2D eigenvalue weighted by atomic mass is 10.3. The van der Waals surface area contributed by atoms with Crippen molar-refractivity contribution in [2.45, 2.75) is 6.04 Å². The van der Waals surface area contributed by atoms with E-state index in [4.69, 9.17) is 10.2 Å². The molecule has 2 N–H and O–H groups in total. The molecule has 46 valence electrons. The van der Waals surface area contributed by atoms with Crippen molar-refractivity contribution in [3.8, 4) is 0 Å². The molecule has 1 atom stereocenters. The van der Waals surface area contributed by atoms with Crippen LogP contribution in [0.25, 0.3) is 0 Å². The Morgan fingerprint density at radius 1 is 1.88 bits per heavy atom. The summed E-state index contributed by atoms with van der Waals surface area (Å²) in [6.45, 7) is -0.529. The van der Waals surface area contributed by atoms with Gasteiger partial charge in [-0.15, -0.1) is 0 Å². The van der Waals surface area contributed by atoms with Crippen LogP contribution in [0, 0.1) is 0 Å². The molecule has 0 bridgehead atoms. The monoisotopic (exact) mass is 135 g/mol. The first-order chi connectivity index (χ1) is 3.72. The first-order valence-corrected chi connectivity index (χ1v) is 2.25. The maximum Gasteiger partial charge on any atom is 0.331 e. The zero-order valence-electron chi connectivity index (χ0n) is 3.94. The number of carboxylic acids is 1. The molecule has 0 aromatic rings. The van der Waals surface area contributed by atoms with Gasteiger partial charge < -0.3 is 10.2 Å². The zero-order chi connectivity index (χ0) is 6.57. The molecule has 0 rings (SSSR count). The van der Waals surface area contributed by atoms with E-state index in [2.05, 4.69) is 16.8 Å². The topological polar surface area (TPSA) is 69.9 Å². The minimum atomic E-state index is -1.19. The van der Waals surface area contributed by atoms with Crippen molar-refractivity contribution in [3.05, 3.63) is 0 Å². The molecule has 5 heteroatoms. The van der Waals surface area contributed by atoms with Gasteiger partial charge in [-0.2, -0.15) is 0 Å². The number of aliphatic hydroxyl groups is 1. The van der Waals surface area contributed by atoms with Crippen LogP contribution < -0.4 is 0 Å². The number of nitrogens with zero attached hydrogens (tertiary/aromatic N) is 1. The molecule has 0 heterocycles. The van der Waals surface area contributed by atoms with Crippen molar-refractivity contribution in [1.82, 2.24) is 0 Å². The summed E-state index contributed by atoms with van der Waals surface area (Å²) < 4.78 is 2.94. The molecule has 0 spiro atoms. The van der Waals surface area contributed by atoms with Gasteiger partial charge in [0.05, 0.1) is 6.61 Å². The normalized spacial score (nSPS) is 12.6. The quantitative estimate of drug-likeness (QED) is 0.529. The summed E-state index contributed by atoms with van der Waals surface area (Å²) in [7, 11) is 0. The highest BCUT2D eigenvalue weighted by Crippen LogP contribution is 1.85. The van der Waals surface area contributed by atoms with Crippen LogP contribution in [0.4, 0.5) is 0 Å². The third kappa shape index (κ3) is 1.94. The molecule has 0 fully saturated rings. The molecule has 0 amide bonds. The van der Waals surface area contributed by atoms with Gasteiger partial charge in [-0.25, -0.2) is 9.16 Å². The van der Waals surface area contributed by atoms with Gasteiger partial charge in [-0.05, 0) is 0 Å². The lowest BCUT2D eigenvalue weighted by Gasteiger charge is -1.96. The standard InChI is InChI=1S/C3H5NO3S/c5-1-2(4-8)3(6)7/h2,5H,1H2,(H,6,7)/t2-/m0/s1. The Bertz CT molecular complexity index is 105. The van der Waals surface area contributed by atoms with Crippen LogP contribution in [0.3, 0.4) is 0 Å². The maximum atomic E-state index is 9.84. The van der Waals surface area contributed by atoms with E-state index in [1.807, 2.05) is 0 Å². The number of hydrogen-bond acceptors (Lipinski definition) is 4. The van der Waals surface area contributed by atoms with Crippen LogP contribution in [-0.2, 0) is 17.2 Å². The minimum absolute atomic E-state index is 0.529. The van der Waals surface area contributed by atoms with Gasteiger partial charge in [0.1, 0.15) is 0 Å².